The first-order valence-corrected chi connectivity index (χ1v) is 9.07. The predicted molar refractivity (Wildman–Crippen MR) is 106 cm³/mol. The molecule has 0 aliphatic carbocycles. The molecule has 1 aromatic rings. The Morgan fingerprint density at radius 3 is 2.65 bits per heavy atom. The van der Waals surface area contributed by atoms with E-state index >= 15 is 0 Å². The lowest BCUT2D eigenvalue weighted by atomic mass is 9.95. The summed E-state index contributed by atoms with van der Waals surface area (Å²) >= 11 is 0. The maximum atomic E-state index is 12.5. The van der Waals surface area contributed by atoms with Gasteiger partial charge in [-0.25, -0.2) is 0 Å². The summed E-state index contributed by atoms with van der Waals surface area (Å²) in [6.07, 6.45) is 2.50. The SMILES string of the molecule is CCC(C)C(=O)N1CCCC(C(=O)Nc2ccc(OCCN)cc2)C1.Cl. The van der Waals surface area contributed by atoms with Gasteiger partial charge >= 0.3 is 0 Å². The molecule has 2 amide bonds. The molecular formula is C19H30ClN3O3. The van der Waals surface area contributed by atoms with Crippen molar-refractivity contribution in [3.8, 4) is 5.75 Å². The topological polar surface area (TPSA) is 84.7 Å². The van der Waals surface area contributed by atoms with Crippen LogP contribution in [0.5, 0.6) is 5.75 Å². The Kier molecular flexibility index (Phi) is 9.44. The van der Waals surface area contributed by atoms with Crippen LogP contribution in [0.4, 0.5) is 5.69 Å². The number of halogens is 1. The highest BCUT2D eigenvalue weighted by Gasteiger charge is 2.29. The third kappa shape index (κ3) is 6.18. The van der Waals surface area contributed by atoms with Gasteiger partial charge < -0.3 is 20.7 Å². The number of likely N-dealkylation sites (tertiary alicyclic amines) is 1. The summed E-state index contributed by atoms with van der Waals surface area (Å²) in [6, 6.07) is 7.25. The molecule has 1 aliphatic heterocycles. The molecule has 7 heteroatoms. The van der Waals surface area contributed by atoms with Gasteiger partial charge in [0.25, 0.3) is 0 Å². The lowest BCUT2D eigenvalue weighted by molar-refractivity contribution is -0.138. The zero-order chi connectivity index (χ0) is 18.2. The Morgan fingerprint density at radius 2 is 2.04 bits per heavy atom. The first kappa shape index (κ1) is 22.3. The number of hydrogen-bond acceptors (Lipinski definition) is 4. The Morgan fingerprint density at radius 1 is 1.35 bits per heavy atom. The molecule has 1 fully saturated rings. The van der Waals surface area contributed by atoms with Crippen LogP contribution in [0.25, 0.3) is 0 Å². The van der Waals surface area contributed by atoms with Crippen LogP contribution in [-0.2, 0) is 9.59 Å². The van der Waals surface area contributed by atoms with Crippen molar-refractivity contribution in [3.05, 3.63) is 24.3 Å². The van der Waals surface area contributed by atoms with Crippen molar-refractivity contribution in [1.82, 2.24) is 4.90 Å². The zero-order valence-corrected chi connectivity index (χ0v) is 16.4. The number of nitrogens with one attached hydrogen (secondary N) is 1. The molecule has 1 saturated heterocycles. The van der Waals surface area contributed by atoms with Gasteiger partial charge in [-0.15, -0.1) is 12.4 Å². The van der Waals surface area contributed by atoms with E-state index in [0.29, 0.717) is 19.7 Å². The first-order valence-electron chi connectivity index (χ1n) is 9.07. The molecule has 146 valence electrons. The monoisotopic (exact) mass is 383 g/mol. The van der Waals surface area contributed by atoms with Crippen LogP contribution in [-0.4, -0.2) is 43.0 Å². The maximum absolute atomic E-state index is 12.5. The minimum absolute atomic E-state index is 0. The van der Waals surface area contributed by atoms with Crippen molar-refractivity contribution >= 4 is 29.9 Å². The number of carbonyl (C=O) groups is 2. The van der Waals surface area contributed by atoms with E-state index in [9.17, 15) is 9.59 Å². The number of piperidine rings is 1. The second-order valence-corrected chi connectivity index (χ2v) is 6.58. The van der Waals surface area contributed by atoms with Gasteiger partial charge in [0.15, 0.2) is 0 Å². The molecule has 0 bridgehead atoms. The highest BCUT2D eigenvalue weighted by atomic mass is 35.5. The average molecular weight is 384 g/mol. The van der Waals surface area contributed by atoms with Gasteiger partial charge in [0.2, 0.25) is 11.8 Å². The van der Waals surface area contributed by atoms with Crippen LogP contribution in [0, 0.1) is 11.8 Å². The standard InChI is InChI=1S/C19H29N3O3.ClH/c1-3-14(2)19(24)22-11-4-5-15(13-22)18(23)21-16-6-8-17(9-7-16)25-12-10-20;/h6-9,14-15H,3-5,10-13,20H2,1-2H3,(H,21,23);1H. The Hall–Kier alpha value is -1.79. The molecule has 3 N–H and O–H groups in total. The minimum Gasteiger partial charge on any atom is -0.492 e. The summed E-state index contributed by atoms with van der Waals surface area (Å²) < 4.78 is 5.42. The van der Waals surface area contributed by atoms with E-state index in [-0.39, 0.29) is 36.1 Å². The number of anilines is 1. The number of nitrogens with zero attached hydrogens (tertiary/aromatic N) is 1. The van der Waals surface area contributed by atoms with E-state index in [1.807, 2.05) is 43.0 Å². The Balaban J connectivity index is 0.00000338. The number of hydrogen-bond donors (Lipinski definition) is 2. The van der Waals surface area contributed by atoms with E-state index in [0.717, 1.165) is 37.2 Å². The molecule has 0 radical (unpaired) electrons. The summed E-state index contributed by atoms with van der Waals surface area (Å²) in [5, 5.41) is 2.94. The van der Waals surface area contributed by atoms with Crippen LogP contribution < -0.4 is 15.8 Å². The molecule has 2 rings (SSSR count). The lowest BCUT2D eigenvalue weighted by Gasteiger charge is -2.33. The summed E-state index contributed by atoms with van der Waals surface area (Å²) in [5.74, 6) is 0.711. The van der Waals surface area contributed by atoms with Crippen molar-refractivity contribution < 1.29 is 14.3 Å². The van der Waals surface area contributed by atoms with E-state index in [1.165, 1.54) is 0 Å². The summed E-state index contributed by atoms with van der Waals surface area (Å²) in [5.41, 5.74) is 6.14. The highest BCUT2D eigenvalue weighted by molar-refractivity contribution is 5.93. The number of amides is 2. The van der Waals surface area contributed by atoms with E-state index in [1.54, 1.807) is 0 Å². The van der Waals surface area contributed by atoms with Crippen molar-refractivity contribution in [2.75, 3.05) is 31.6 Å². The summed E-state index contributed by atoms with van der Waals surface area (Å²) in [4.78, 5) is 26.7. The van der Waals surface area contributed by atoms with Gasteiger partial charge in [0.05, 0.1) is 5.92 Å². The van der Waals surface area contributed by atoms with Crippen molar-refractivity contribution in [3.63, 3.8) is 0 Å². The van der Waals surface area contributed by atoms with Gasteiger partial charge in [-0.2, -0.15) is 0 Å². The van der Waals surface area contributed by atoms with Gasteiger partial charge in [0, 0.05) is 31.2 Å². The molecule has 1 aromatic carbocycles. The molecule has 26 heavy (non-hydrogen) atoms. The van der Waals surface area contributed by atoms with Crippen LogP contribution in [0.2, 0.25) is 0 Å². The Labute approximate surface area is 161 Å². The van der Waals surface area contributed by atoms with Crippen LogP contribution in [0.1, 0.15) is 33.1 Å². The van der Waals surface area contributed by atoms with Crippen LogP contribution in [0.3, 0.4) is 0 Å². The largest absolute Gasteiger partial charge is 0.492 e. The maximum Gasteiger partial charge on any atom is 0.229 e. The number of rotatable bonds is 7. The lowest BCUT2D eigenvalue weighted by Crippen LogP contribution is -2.45. The summed E-state index contributed by atoms with van der Waals surface area (Å²) in [6.45, 7) is 6.14. The molecule has 1 heterocycles. The van der Waals surface area contributed by atoms with Gasteiger partial charge in [0.1, 0.15) is 12.4 Å². The fourth-order valence-corrected chi connectivity index (χ4v) is 2.93. The molecule has 0 spiro atoms. The molecule has 0 saturated carbocycles. The number of benzene rings is 1. The number of nitrogens with two attached hydrogens (primary N) is 1. The first-order chi connectivity index (χ1) is 12.0. The Bertz CT molecular complexity index is 580. The third-order valence-corrected chi connectivity index (χ3v) is 4.65. The zero-order valence-electron chi connectivity index (χ0n) is 15.6. The molecule has 6 nitrogen and oxygen atoms in total. The molecular weight excluding hydrogens is 354 g/mol. The van der Waals surface area contributed by atoms with Gasteiger partial charge in [-0.1, -0.05) is 13.8 Å². The van der Waals surface area contributed by atoms with Crippen LogP contribution in [0.15, 0.2) is 24.3 Å². The van der Waals surface area contributed by atoms with Gasteiger partial charge in [-0.3, -0.25) is 9.59 Å². The van der Waals surface area contributed by atoms with Crippen molar-refractivity contribution in [1.29, 1.82) is 0 Å². The molecule has 2 unspecified atom stereocenters. The normalized spacial score (nSPS) is 17.8. The van der Waals surface area contributed by atoms with Gasteiger partial charge in [-0.05, 0) is 43.5 Å². The van der Waals surface area contributed by atoms with E-state index < -0.39 is 0 Å². The molecule has 2 atom stereocenters. The quantitative estimate of drug-likeness (QED) is 0.758. The van der Waals surface area contributed by atoms with Crippen molar-refractivity contribution in [2.24, 2.45) is 17.6 Å². The fraction of sp³-hybridized carbons (Fsp3) is 0.579. The fourth-order valence-electron chi connectivity index (χ4n) is 2.93. The second kappa shape index (κ2) is 11.0. The third-order valence-electron chi connectivity index (χ3n) is 4.65. The molecule has 0 aromatic heterocycles. The molecule has 1 aliphatic rings. The smallest absolute Gasteiger partial charge is 0.229 e. The summed E-state index contributed by atoms with van der Waals surface area (Å²) in [7, 11) is 0. The van der Waals surface area contributed by atoms with Crippen molar-refractivity contribution in [2.45, 2.75) is 33.1 Å². The van der Waals surface area contributed by atoms with E-state index in [2.05, 4.69) is 5.32 Å². The number of ether oxygens (including phenoxy) is 1. The highest BCUT2D eigenvalue weighted by Crippen LogP contribution is 2.22. The number of carbonyl (C=O) groups excluding carboxylic acids is 2. The van der Waals surface area contributed by atoms with Crippen LogP contribution >= 0.6 is 12.4 Å². The minimum atomic E-state index is -0.157. The second-order valence-electron chi connectivity index (χ2n) is 6.58. The predicted octanol–water partition coefficient (Wildman–Crippen LogP) is 2.67. The average Bonchev–Trinajstić information content (AvgIpc) is 2.66. The van der Waals surface area contributed by atoms with E-state index in [4.69, 9.17) is 10.5 Å².